The normalized spacial score (nSPS) is 21.0. The maximum absolute atomic E-state index is 10.9. The highest BCUT2D eigenvalue weighted by Gasteiger charge is 2.21. The van der Waals surface area contributed by atoms with E-state index in [2.05, 4.69) is 14.6 Å². The molecular weight excluding hydrogens is 300 g/mol. The Morgan fingerprint density at radius 2 is 2.35 bits per heavy atom. The van der Waals surface area contributed by atoms with Crippen molar-refractivity contribution in [3.05, 3.63) is 29.0 Å². The van der Waals surface area contributed by atoms with E-state index in [0.29, 0.717) is 17.6 Å². The minimum Gasteiger partial charge on any atom is -0.299 e. The second-order valence-electron chi connectivity index (χ2n) is 5.12. The van der Waals surface area contributed by atoms with Gasteiger partial charge in [-0.1, -0.05) is 11.6 Å². The number of nitrogens with zero attached hydrogens (tertiary/aromatic N) is 2. The Bertz CT molecular complexity index is 552. The van der Waals surface area contributed by atoms with Gasteiger partial charge in [0, 0.05) is 25.8 Å². The number of likely N-dealkylation sites (tertiary alicyclic amines) is 1. The summed E-state index contributed by atoms with van der Waals surface area (Å²) in [5, 5.41) is 5.45. The van der Waals surface area contributed by atoms with E-state index < -0.39 is 10.2 Å². The van der Waals surface area contributed by atoms with Gasteiger partial charge in [0.05, 0.1) is 0 Å². The van der Waals surface area contributed by atoms with Crippen LogP contribution in [0.4, 0.5) is 0 Å². The van der Waals surface area contributed by atoms with Crippen molar-refractivity contribution in [1.82, 2.24) is 14.6 Å². The van der Waals surface area contributed by atoms with E-state index in [1.54, 1.807) is 6.20 Å². The summed E-state index contributed by atoms with van der Waals surface area (Å²) in [6.45, 7) is 3.05. The Balaban J connectivity index is 1.87. The number of hydrogen-bond acceptors (Lipinski definition) is 4. The molecule has 0 aliphatic carbocycles. The van der Waals surface area contributed by atoms with Crippen molar-refractivity contribution in [3.8, 4) is 0 Å². The van der Waals surface area contributed by atoms with Crippen LogP contribution in [-0.4, -0.2) is 37.9 Å². The molecule has 1 atom stereocenters. The van der Waals surface area contributed by atoms with E-state index >= 15 is 0 Å². The molecule has 0 spiro atoms. The zero-order valence-corrected chi connectivity index (χ0v) is 12.7. The third kappa shape index (κ3) is 5.34. The second-order valence-corrected chi connectivity index (χ2v) is 6.89. The van der Waals surface area contributed by atoms with Gasteiger partial charge in [0.2, 0.25) is 0 Å². The summed E-state index contributed by atoms with van der Waals surface area (Å²) in [5.74, 6) is 0.291. The molecule has 1 fully saturated rings. The van der Waals surface area contributed by atoms with Gasteiger partial charge in [-0.3, -0.25) is 4.90 Å². The Morgan fingerprint density at radius 3 is 3.05 bits per heavy atom. The van der Waals surface area contributed by atoms with Gasteiger partial charge in [-0.15, -0.1) is 0 Å². The smallest absolute Gasteiger partial charge is 0.274 e. The van der Waals surface area contributed by atoms with Crippen LogP contribution in [0.5, 0.6) is 0 Å². The lowest BCUT2D eigenvalue weighted by Gasteiger charge is -2.32. The van der Waals surface area contributed by atoms with Crippen molar-refractivity contribution in [3.63, 3.8) is 0 Å². The predicted molar refractivity (Wildman–Crippen MR) is 78.4 cm³/mol. The van der Waals surface area contributed by atoms with Crippen molar-refractivity contribution in [2.75, 3.05) is 19.6 Å². The molecule has 1 aliphatic rings. The number of pyridine rings is 1. The van der Waals surface area contributed by atoms with E-state index in [1.807, 2.05) is 12.1 Å². The van der Waals surface area contributed by atoms with Crippen LogP contribution >= 0.6 is 11.6 Å². The van der Waals surface area contributed by atoms with Crippen molar-refractivity contribution in [2.24, 2.45) is 11.1 Å². The average molecular weight is 319 g/mol. The fraction of sp³-hybridized carbons (Fsp3) is 0.583. The highest BCUT2D eigenvalue weighted by atomic mass is 35.5. The van der Waals surface area contributed by atoms with E-state index in [1.165, 1.54) is 0 Å². The minimum atomic E-state index is -3.60. The van der Waals surface area contributed by atoms with Gasteiger partial charge < -0.3 is 0 Å². The standard InChI is InChI=1S/C12H19ClN4O2S/c13-12-6-10(3-4-15-12)8-17-5-1-2-11(9-17)7-16-20(14,18)19/h3-4,6,11,16H,1-2,5,7-9H2,(H2,14,18,19)/t11-/m1/s1. The molecule has 1 aromatic rings. The van der Waals surface area contributed by atoms with Gasteiger partial charge in [-0.2, -0.15) is 8.42 Å². The number of halogens is 1. The molecule has 20 heavy (non-hydrogen) atoms. The highest BCUT2D eigenvalue weighted by Crippen LogP contribution is 2.18. The molecule has 0 unspecified atom stereocenters. The molecule has 1 aromatic heterocycles. The summed E-state index contributed by atoms with van der Waals surface area (Å²) >= 11 is 5.87. The molecule has 0 aromatic carbocycles. The number of hydrogen-bond donors (Lipinski definition) is 2. The Kier molecular flexibility index (Phi) is 5.34. The molecule has 6 nitrogen and oxygen atoms in total. The third-order valence-electron chi connectivity index (χ3n) is 3.37. The number of aromatic nitrogens is 1. The van der Waals surface area contributed by atoms with Crippen LogP contribution in [0.25, 0.3) is 0 Å². The number of nitrogens with two attached hydrogens (primary N) is 1. The fourth-order valence-electron chi connectivity index (χ4n) is 2.49. The molecule has 1 aliphatic heterocycles. The number of rotatable bonds is 5. The van der Waals surface area contributed by atoms with Crippen LogP contribution in [-0.2, 0) is 16.8 Å². The lowest BCUT2D eigenvalue weighted by atomic mass is 9.98. The van der Waals surface area contributed by atoms with Gasteiger partial charge in [0.25, 0.3) is 10.2 Å². The summed E-state index contributed by atoms with van der Waals surface area (Å²) in [4.78, 5) is 6.26. The van der Waals surface area contributed by atoms with Gasteiger partial charge >= 0.3 is 0 Å². The molecule has 0 amide bonds. The zero-order chi connectivity index (χ0) is 14.6. The molecular formula is C12H19ClN4O2S. The van der Waals surface area contributed by atoms with Crippen LogP contribution in [0, 0.1) is 5.92 Å². The molecule has 3 N–H and O–H groups in total. The van der Waals surface area contributed by atoms with Crippen molar-refractivity contribution in [2.45, 2.75) is 19.4 Å². The average Bonchev–Trinajstić information content (AvgIpc) is 2.36. The van der Waals surface area contributed by atoms with Crippen LogP contribution in [0.2, 0.25) is 5.15 Å². The first kappa shape index (κ1) is 15.7. The first-order valence-electron chi connectivity index (χ1n) is 6.52. The van der Waals surface area contributed by atoms with Crippen molar-refractivity contribution in [1.29, 1.82) is 0 Å². The number of nitrogens with one attached hydrogen (secondary N) is 1. The lowest BCUT2D eigenvalue weighted by Crippen LogP contribution is -2.42. The number of piperidine rings is 1. The first-order valence-corrected chi connectivity index (χ1v) is 8.45. The molecule has 8 heteroatoms. The summed E-state index contributed by atoms with van der Waals surface area (Å²) in [6, 6.07) is 3.80. The lowest BCUT2D eigenvalue weighted by molar-refractivity contribution is 0.169. The van der Waals surface area contributed by atoms with Crippen LogP contribution < -0.4 is 9.86 Å². The summed E-state index contributed by atoms with van der Waals surface area (Å²) in [5.41, 5.74) is 1.12. The Hall–Kier alpha value is -0.730. The Labute approximate surface area is 124 Å². The molecule has 1 saturated heterocycles. The van der Waals surface area contributed by atoms with E-state index in [9.17, 15) is 8.42 Å². The molecule has 2 rings (SSSR count). The van der Waals surface area contributed by atoms with Gasteiger partial charge in [-0.25, -0.2) is 14.8 Å². The second kappa shape index (κ2) is 6.82. The van der Waals surface area contributed by atoms with Crippen molar-refractivity contribution < 1.29 is 8.42 Å². The molecule has 112 valence electrons. The van der Waals surface area contributed by atoms with E-state index in [4.69, 9.17) is 16.7 Å². The molecule has 0 saturated carbocycles. The van der Waals surface area contributed by atoms with Crippen LogP contribution in [0.3, 0.4) is 0 Å². The summed E-state index contributed by atoms with van der Waals surface area (Å²) in [6.07, 6.45) is 3.76. The van der Waals surface area contributed by atoms with Crippen molar-refractivity contribution >= 4 is 21.8 Å². The van der Waals surface area contributed by atoms with Crippen LogP contribution in [0.1, 0.15) is 18.4 Å². The first-order chi connectivity index (χ1) is 9.42. The highest BCUT2D eigenvalue weighted by molar-refractivity contribution is 7.87. The third-order valence-corrected chi connectivity index (χ3v) is 4.15. The molecule has 0 radical (unpaired) electrons. The summed E-state index contributed by atoms with van der Waals surface area (Å²) < 4.78 is 24.2. The Morgan fingerprint density at radius 1 is 1.55 bits per heavy atom. The largest absolute Gasteiger partial charge is 0.299 e. The van der Waals surface area contributed by atoms with Crippen LogP contribution in [0.15, 0.2) is 18.3 Å². The van der Waals surface area contributed by atoms with Gasteiger partial charge in [0.15, 0.2) is 0 Å². The van der Waals surface area contributed by atoms with Gasteiger partial charge in [-0.05, 0) is 43.0 Å². The SMILES string of the molecule is NS(=O)(=O)NC[C@H]1CCCN(Cc2ccnc(Cl)c2)C1. The van der Waals surface area contributed by atoms with E-state index in [0.717, 1.165) is 38.0 Å². The zero-order valence-electron chi connectivity index (χ0n) is 11.1. The maximum Gasteiger partial charge on any atom is 0.274 e. The molecule has 2 heterocycles. The topological polar surface area (TPSA) is 88.3 Å². The van der Waals surface area contributed by atoms with E-state index in [-0.39, 0.29) is 0 Å². The monoisotopic (exact) mass is 318 g/mol. The minimum absolute atomic E-state index is 0.291. The van der Waals surface area contributed by atoms with Gasteiger partial charge in [0.1, 0.15) is 5.15 Å². The maximum atomic E-state index is 10.9. The summed E-state index contributed by atoms with van der Waals surface area (Å²) in [7, 11) is -3.60. The molecule has 0 bridgehead atoms. The fourth-order valence-corrected chi connectivity index (χ4v) is 3.16. The predicted octanol–water partition coefficient (Wildman–Crippen LogP) is 0.740. The quantitative estimate of drug-likeness (QED) is 0.784.